The van der Waals surface area contributed by atoms with Crippen LogP contribution in [0, 0.1) is 0 Å². The fourth-order valence-electron chi connectivity index (χ4n) is 2.13. The Kier molecular flexibility index (Phi) is 2.28. The lowest BCUT2D eigenvalue weighted by atomic mass is 10.0. The van der Waals surface area contributed by atoms with Crippen molar-refractivity contribution in [3.05, 3.63) is 42.4 Å². The average Bonchev–Trinajstić information content (AvgIpc) is 3.07. The summed E-state index contributed by atoms with van der Waals surface area (Å²) in [6.07, 6.45) is 7.84. The lowest BCUT2D eigenvalue weighted by Crippen LogP contribution is -1.88. The van der Waals surface area contributed by atoms with Gasteiger partial charge in [-0.3, -0.25) is 0 Å². The van der Waals surface area contributed by atoms with Gasteiger partial charge in [-0.25, -0.2) is 4.98 Å². The summed E-state index contributed by atoms with van der Waals surface area (Å²) in [7, 11) is 0. The molecule has 1 aromatic heterocycles. The van der Waals surface area contributed by atoms with Crippen LogP contribution in [0.4, 0.5) is 0 Å². The van der Waals surface area contributed by atoms with Gasteiger partial charge in [-0.2, -0.15) is 0 Å². The molecule has 1 aliphatic carbocycles. The molecule has 2 heteroatoms. The first-order valence-electron chi connectivity index (χ1n) is 6.00. The molecule has 0 bridgehead atoms. The van der Waals surface area contributed by atoms with Crippen LogP contribution in [0.25, 0.3) is 11.3 Å². The normalized spacial score (nSPS) is 15.3. The highest BCUT2D eigenvalue weighted by atomic mass is 15.1. The van der Waals surface area contributed by atoms with E-state index in [1.54, 1.807) is 0 Å². The van der Waals surface area contributed by atoms with Crippen molar-refractivity contribution in [2.24, 2.45) is 0 Å². The van der Waals surface area contributed by atoms with Crippen molar-refractivity contribution in [2.75, 3.05) is 0 Å². The van der Waals surface area contributed by atoms with E-state index in [1.165, 1.54) is 24.0 Å². The Morgan fingerprint density at radius 3 is 2.88 bits per heavy atom. The Morgan fingerprint density at radius 2 is 2.12 bits per heavy atom. The van der Waals surface area contributed by atoms with Crippen molar-refractivity contribution in [3.8, 4) is 11.3 Å². The van der Waals surface area contributed by atoms with E-state index in [-0.39, 0.29) is 0 Å². The fraction of sp³-hybridized carbons (Fsp3) is 0.357. The summed E-state index contributed by atoms with van der Waals surface area (Å²) in [6.45, 7) is 2.19. The minimum absolute atomic E-state index is 0.718. The summed E-state index contributed by atoms with van der Waals surface area (Å²) >= 11 is 0. The maximum atomic E-state index is 4.52. The van der Waals surface area contributed by atoms with Crippen LogP contribution in [0.2, 0.25) is 0 Å². The number of nitrogens with zero attached hydrogens (tertiary/aromatic N) is 2. The molecule has 0 atom stereocenters. The Hall–Kier alpha value is -1.57. The van der Waals surface area contributed by atoms with Crippen LogP contribution >= 0.6 is 0 Å². The summed E-state index contributed by atoms with van der Waals surface area (Å²) in [5, 5.41) is 0. The van der Waals surface area contributed by atoms with Crippen LogP contribution in [-0.2, 0) is 6.42 Å². The topological polar surface area (TPSA) is 17.8 Å². The van der Waals surface area contributed by atoms with Crippen molar-refractivity contribution in [3.63, 3.8) is 0 Å². The van der Waals surface area contributed by atoms with E-state index in [0.29, 0.717) is 0 Å². The second-order valence-electron chi connectivity index (χ2n) is 4.45. The number of hydrogen-bond acceptors (Lipinski definition) is 1. The van der Waals surface area contributed by atoms with Crippen LogP contribution < -0.4 is 0 Å². The van der Waals surface area contributed by atoms with Crippen molar-refractivity contribution >= 4 is 0 Å². The molecule has 0 saturated heterocycles. The molecule has 0 spiro atoms. The average molecular weight is 212 g/mol. The van der Waals surface area contributed by atoms with E-state index in [4.69, 9.17) is 0 Å². The summed E-state index contributed by atoms with van der Waals surface area (Å²) in [5.74, 6) is 0. The van der Waals surface area contributed by atoms with Gasteiger partial charge < -0.3 is 4.57 Å². The standard InChI is InChI=1S/C14H16N2/c1-2-11-5-3-4-6-13(11)14-9-16(10-15-14)12-7-8-12/h3-6,9-10,12H,2,7-8H2,1H3. The Bertz CT molecular complexity index is 495. The van der Waals surface area contributed by atoms with Crippen LogP contribution in [0.15, 0.2) is 36.8 Å². The van der Waals surface area contributed by atoms with Gasteiger partial charge in [0.25, 0.3) is 0 Å². The van der Waals surface area contributed by atoms with Gasteiger partial charge >= 0.3 is 0 Å². The summed E-state index contributed by atoms with van der Waals surface area (Å²) in [4.78, 5) is 4.52. The van der Waals surface area contributed by atoms with E-state index < -0.39 is 0 Å². The molecule has 1 aliphatic rings. The smallest absolute Gasteiger partial charge is 0.0956 e. The first-order valence-corrected chi connectivity index (χ1v) is 6.00. The van der Waals surface area contributed by atoms with Crippen molar-refractivity contribution in [2.45, 2.75) is 32.2 Å². The Balaban J connectivity index is 2.00. The SMILES string of the molecule is CCc1ccccc1-c1cn(C2CC2)cn1. The maximum absolute atomic E-state index is 4.52. The highest BCUT2D eigenvalue weighted by Gasteiger charge is 2.23. The second-order valence-corrected chi connectivity index (χ2v) is 4.45. The molecule has 1 fully saturated rings. The molecule has 82 valence electrons. The number of imidazole rings is 1. The molecule has 0 unspecified atom stereocenters. The van der Waals surface area contributed by atoms with Crippen molar-refractivity contribution < 1.29 is 0 Å². The van der Waals surface area contributed by atoms with Gasteiger partial charge in [0.15, 0.2) is 0 Å². The molecule has 16 heavy (non-hydrogen) atoms. The molecule has 2 nitrogen and oxygen atoms in total. The van der Waals surface area contributed by atoms with Gasteiger partial charge in [-0.05, 0) is 24.8 Å². The largest absolute Gasteiger partial charge is 0.334 e. The van der Waals surface area contributed by atoms with Gasteiger partial charge in [0.2, 0.25) is 0 Å². The number of hydrogen-bond donors (Lipinski definition) is 0. The summed E-state index contributed by atoms with van der Waals surface area (Å²) in [6, 6.07) is 9.25. The van der Waals surface area contributed by atoms with E-state index in [2.05, 4.69) is 46.9 Å². The predicted molar refractivity (Wildman–Crippen MR) is 65.3 cm³/mol. The minimum Gasteiger partial charge on any atom is -0.334 e. The van der Waals surface area contributed by atoms with Crippen molar-refractivity contribution in [1.29, 1.82) is 0 Å². The zero-order chi connectivity index (χ0) is 11.0. The molecule has 2 aromatic rings. The first kappa shape index (κ1) is 9.64. The molecular weight excluding hydrogens is 196 g/mol. The molecule has 1 saturated carbocycles. The molecule has 3 rings (SSSR count). The summed E-state index contributed by atoms with van der Waals surface area (Å²) < 4.78 is 2.25. The van der Waals surface area contributed by atoms with E-state index >= 15 is 0 Å². The zero-order valence-corrected chi connectivity index (χ0v) is 9.56. The van der Waals surface area contributed by atoms with Gasteiger partial charge in [0.05, 0.1) is 12.0 Å². The van der Waals surface area contributed by atoms with E-state index in [0.717, 1.165) is 18.2 Å². The molecule has 0 aliphatic heterocycles. The number of aromatic nitrogens is 2. The van der Waals surface area contributed by atoms with Gasteiger partial charge in [0, 0.05) is 17.8 Å². The second kappa shape index (κ2) is 3.78. The van der Waals surface area contributed by atoms with Gasteiger partial charge in [-0.15, -0.1) is 0 Å². The molecule has 0 N–H and O–H groups in total. The van der Waals surface area contributed by atoms with Crippen molar-refractivity contribution in [1.82, 2.24) is 9.55 Å². The maximum Gasteiger partial charge on any atom is 0.0956 e. The van der Waals surface area contributed by atoms with Crippen LogP contribution in [-0.4, -0.2) is 9.55 Å². The molecule has 1 heterocycles. The highest BCUT2D eigenvalue weighted by molar-refractivity contribution is 5.62. The number of aryl methyl sites for hydroxylation is 1. The third-order valence-electron chi connectivity index (χ3n) is 3.24. The quantitative estimate of drug-likeness (QED) is 0.762. The molecule has 1 aromatic carbocycles. The lowest BCUT2D eigenvalue weighted by Gasteiger charge is -2.03. The first-order chi connectivity index (χ1) is 7.88. The van der Waals surface area contributed by atoms with Gasteiger partial charge in [-0.1, -0.05) is 31.2 Å². The highest BCUT2D eigenvalue weighted by Crippen LogP contribution is 2.35. The van der Waals surface area contributed by atoms with Crippen LogP contribution in [0.1, 0.15) is 31.4 Å². The monoisotopic (exact) mass is 212 g/mol. The van der Waals surface area contributed by atoms with E-state index in [9.17, 15) is 0 Å². The third kappa shape index (κ3) is 1.64. The van der Waals surface area contributed by atoms with Crippen LogP contribution in [0.5, 0.6) is 0 Å². The molecule has 0 amide bonds. The van der Waals surface area contributed by atoms with E-state index in [1.807, 2.05) is 6.33 Å². The zero-order valence-electron chi connectivity index (χ0n) is 9.56. The Labute approximate surface area is 95.9 Å². The van der Waals surface area contributed by atoms with Gasteiger partial charge in [0.1, 0.15) is 0 Å². The fourth-order valence-corrected chi connectivity index (χ4v) is 2.13. The molecule has 0 radical (unpaired) electrons. The number of rotatable bonds is 3. The number of benzene rings is 1. The van der Waals surface area contributed by atoms with Crippen LogP contribution in [0.3, 0.4) is 0 Å². The lowest BCUT2D eigenvalue weighted by molar-refractivity contribution is 0.741. The third-order valence-corrected chi connectivity index (χ3v) is 3.24. The molecular formula is C14H16N2. The minimum atomic E-state index is 0.718. The predicted octanol–water partition coefficient (Wildman–Crippen LogP) is 3.45. The summed E-state index contributed by atoms with van der Waals surface area (Å²) in [5.41, 5.74) is 3.78. The Morgan fingerprint density at radius 1 is 1.31 bits per heavy atom.